The normalized spacial score (nSPS) is 14.0. The van der Waals surface area contributed by atoms with Crippen molar-refractivity contribution in [1.82, 2.24) is 9.80 Å². The third-order valence-electron chi connectivity index (χ3n) is 3.71. The van der Waals surface area contributed by atoms with Crippen LogP contribution in [-0.4, -0.2) is 67.8 Å². The minimum atomic E-state index is -0.377. The van der Waals surface area contributed by atoms with Crippen molar-refractivity contribution in [3.8, 4) is 11.5 Å². The van der Waals surface area contributed by atoms with Crippen molar-refractivity contribution in [2.24, 2.45) is 0 Å². The van der Waals surface area contributed by atoms with Crippen LogP contribution in [0.25, 0.3) is 0 Å². The second-order valence-corrected chi connectivity index (χ2v) is 5.43. The summed E-state index contributed by atoms with van der Waals surface area (Å²) in [6.07, 6.45) is 1.15. The lowest BCUT2D eigenvalue weighted by Crippen LogP contribution is -2.51. The van der Waals surface area contributed by atoms with Gasteiger partial charge in [0.25, 0.3) is 5.91 Å². The molecule has 7 nitrogen and oxygen atoms in total. The zero-order chi connectivity index (χ0) is 18.1. The number of ether oxygens (including phenoxy) is 3. The molecule has 7 heteroatoms. The quantitative estimate of drug-likeness (QED) is 0.705. The number of amides is 2. The highest BCUT2D eigenvalue weighted by Gasteiger charge is 2.24. The first-order chi connectivity index (χ1) is 12.1. The number of nitrogens with zero attached hydrogens (tertiary/aromatic N) is 2. The summed E-state index contributed by atoms with van der Waals surface area (Å²) in [5.41, 5.74) is 0. The highest BCUT2D eigenvalue weighted by molar-refractivity contribution is 5.78. The fourth-order valence-electron chi connectivity index (χ4n) is 2.40. The van der Waals surface area contributed by atoms with Gasteiger partial charge >= 0.3 is 6.09 Å². The van der Waals surface area contributed by atoms with Crippen molar-refractivity contribution in [2.45, 2.75) is 6.92 Å². The van der Waals surface area contributed by atoms with E-state index in [-0.39, 0.29) is 25.2 Å². The molecule has 0 spiro atoms. The van der Waals surface area contributed by atoms with Gasteiger partial charge in [-0.05, 0) is 31.2 Å². The summed E-state index contributed by atoms with van der Waals surface area (Å²) in [6.45, 7) is 8.01. The van der Waals surface area contributed by atoms with Gasteiger partial charge in [0, 0.05) is 26.2 Å². The molecule has 2 rings (SSSR count). The monoisotopic (exact) mass is 348 g/mol. The van der Waals surface area contributed by atoms with Crippen molar-refractivity contribution in [1.29, 1.82) is 0 Å². The third-order valence-corrected chi connectivity index (χ3v) is 3.71. The molecule has 0 aromatic heterocycles. The van der Waals surface area contributed by atoms with Crippen LogP contribution in [0.2, 0.25) is 0 Å². The molecule has 1 aromatic carbocycles. The predicted molar refractivity (Wildman–Crippen MR) is 92.8 cm³/mol. The number of carbonyl (C=O) groups is 2. The average molecular weight is 348 g/mol. The van der Waals surface area contributed by atoms with E-state index in [1.54, 1.807) is 34.1 Å². The lowest BCUT2D eigenvalue weighted by molar-refractivity contribution is -0.134. The van der Waals surface area contributed by atoms with Crippen LogP contribution < -0.4 is 9.47 Å². The van der Waals surface area contributed by atoms with E-state index in [4.69, 9.17) is 14.2 Å². The second-order valence-electron chi connectivity index (χ2n) is 5.43. The summed E-state index contributed by atoms with van der Waals surface area (Å²) in [4.78, 5) is 27.2. The molecular weight excluding hydrogens is 324 g/mol. The van der Waals surface area contributed by atoms with Gasteiger partial charge in [-0.15, -0.1) is 0 Å². The Morgan fingerprint density at radius 2 is 1.60 bits per heavy atom. The van der Waals surface area contributed by atoms with Gasteiger partial charge in [-0.2, -0.15) is 0 Å². The SMILES string of the molecule is C=CCOC(=O)N1CCN(C(=O)COc2ccc(OCC)cc2)CC1. The number of benzene rings is 1. The molecule has 25 heavy (non-hydrogen) atoms. The standard InChI is InChI=1S/C18H24N2O5/c1-3-13-24-18(22)20-11-9-19(10-12-20)17(21)14-25-16-7-5-15(6-8-16)23-4-2/h3,5-8H,1,4,9-14H2,2H3. The molecule has 1 aliphatic rings. The molecule has 1 saturated heterocycles. The third kappa shape index (κ3) is 5.70. The van der Waals surface area contributed by atoms with Crippen molar-refractivity contribution in [2.75, 3.05) is 46.0 Å². The van der Waals surface area contributed by atoms with E-state index in [0.29, 0.717) is 38.5 Å². The van der Waals surface area contributed by atoms with E-state index >= 15 is 0 Å². The van der Waals surface area contributed by atoms with Crippen molar-refractivity contribution >= 4 is 12.0 Å². The Morgan fingerprint density at radius 3 is 2.16 bits per heavy atom. The Hall–Kier alpha value is -2.70. The zero-order valence-electron chi connectivity index (χ0n) is 14.5. The minimum absolute atomic E-state index is 0.0328. The summed E-state index contributed by atoms with van der Waals surface area (Å²) in [5.74, 6) is 1.28. The molecule has 0 atom stereocenters. The average Bonchev–Trinajstić information content (AvgIpc) is 2.65. The lowest BCUT2D eigenvalue weighted by Gasteiger charge is -2.33. The van der Waals surface area contributed by atoms with Crippen LogP contribution in [0.1, 0.15) is 6.92 Å². The van der Waals surface area contributed by atoms with E-state index in [0.717, 1.165) is 5.75 Å². The highest BCUT2D eigenvalue weighted by atomic mass is 16.6. The van der Waals surface area contributed by atoms with Crippen LogP contribution in [0.4, 0.5) is 4.79 Å². The smallest absolute Gasteiger partial charge is 0.410 e. The first-order valence-corrected chi connectivity index (χ1v) is 8.30. The topological polar surface area (TPSA) is 68.3 Å². The maximum atomic E-state index is 12.2. The van der Waals surface area contributed by atoms with Crippen LogP contribution in [-0.2, 0) is 9.53 Å². The summed E-state index contributed by atoms with van der Waals surface area (Å²) in [7, 11) is 0. The molecular formula is C18H24N2O5. The first kappa shape index (κ1) is 18.6. The maximum absolute atomic E-state index is 12.2. The summed E-state index contributed by atoms with van der Waals surface area (Å²) >= 11 is 0. The summed E-state index contributed by atoms with van der Waals surface area (Å²) in [5, 5.41) is 0. The number of rotatable bonds is 7. The fourth-order valence-corrected chi connectivity index (χ4v) is 2.40. The van der Waals surface area contributed by atoms with Crippen molar-refractivity contribution in [3.05, 3.63) is 36.9 Å². The predicted octanol–water partition coefficient (Wildman–Crippen LogP) is 1.93. The van der Waals surface area contributed by atoms with Gasteiger partial charge in [-0.25, -0.2) is 4.79 Å². The fraction of sp³-hybridized carbons (Fsp3) is 0.444. The van der Waals surface area contributed by atoms with Gasteiger partial charge in [-0.1, -0.05) is 12.7 Å². The molecule has 1 aliphatic heterocycles. The zero-order valence-corrected chi connectivity index (χ0v) is 14.5. The largest absolute Gasteiger partial charge is 0.494 e. The molecule has 1 fully saturated rings. The van der Waals surface area contributed by atoms with Crippen LogP contribution in [0.3, 0.4) is 0 Å². The molecule has 0 aliphatic carbocycles. The molecule has 136 valence electrons. The highest BCUT2D eigenvalue weighted by Crippen LogP contribution is 2.17. The Morgan fingerprint density at radius 1 is 1.04 bits per heavy atom. The Kier molecular flexibility index (Phi) is 7.13. The number of hydrogen-bond acceptors (Lipinski definition) is 5. The molecule has 0 saturated carbocycles. The van der Waals surface area contributed by atoms with Gasteiger partial charge in [-0.3, -0.25) is 4.79 Å². The van der Waals surface area contributed by atoms with Crippen LogP contribution in [0.15, 0.2) is 36.9 Å². The van der Waals surface area contributed by atoms with Crippen LogP contribution >= 0.6 is 0 Å². The first-order valence-electron chi connectivity index (χ1n) is 8.30. The molecule has 0 N–H and O–H groups in total. The van der Waals surface area contributed by atoms with Crippen molar-refractivity contribution in [3.63, 3.8) is 0 Å². The summed E-state index contributed by atoms with van der Waals surface area (Å²) in [6, 6.07) is 7.14. The lowest BCUT2D eigenvalue weighted by atomic mass is 10.3. The van der Waals surface area contributed by atoms with E-state index in [1.807, 2.05) is 6.92 Å². The van der Waals surface area contributed by atoms with Crippen molar-refractivity contribution < 1.29 is 23.8 Å². The molecule has 1 aromatic rings. The summed E-state index contributed by atoms with van der Waals surface area (Å²) < 4.78 is 15.9. The Balaban J connectivity index is 1.73. The maximum Gasteiger partial charge on any atom is 0.410 e. The van der Waals surface area contributed by atoms with Gasteiger partial charge in [0.05, 0.1) is 6.61 Å². The Labute approximate surface area is 147 Å². The van der Waals surface area contributed by atoms with Crippen LogP contribution in [0.5, 0.6) is 11.5 Å². The number of carbonyl (C=O) groups excluding carboxylic acids is 2. The van der Waals surface area contributed by atoms with E-state index < -0.39 is 0 Å². The van der Waals surface area contributed by atoms with E-state index in [2.05, 4.69) is 6.58 Å². The Bertz CT molecular complexity index is 580. The van der Waals surface area contributed by atoms with Gasteiger partial charge in [0.15, 0.2) is 6.61 Å². The molecule has 0 unspecified atom stereocenters. The van der Waals surface area contributed by atoms with E-state index in [1.165, 1.54) is 6.08 Å². The van der Waals surface area contributed by atoms with Crippen LogP contribution in [0, 0.1) is 0 Å². The number of piperazine rings is 1. The second kappa shape index (κ2) is 9.56. The van der Waals surface area contributed by atoms with E-state index in [9.17, 15) is 9.59 Å². The minimum Gasteiger partial charge on any atom is -0.494 e. The van der Waals surface area contributed by atoms with Gasteiger partial charge < -0.3 is 24.0 Å². The molecule has 0 radical (unpaired) electrons. The molecule has 2 amide bonds. The molecule has 1 heterocycles. The van der Waals surface area contributed by atoms with Gasteiger partial charge in [0.2, 0.25) is 0 Å². The van der Waals surface area contributed by atoms with Gasteiger partial charge in [0.1, 0.15) is 18.1 Å². The number of hydrogen-bond donors (Lipinski definition) is 0. The molecule has 0 bridgehead atoms.